The van der Waals surface area contributed by atoms with Crippen molar-refractivity contribution in [2.75, 3.05) is 7.05 Å². The van der Waals surface area contributed by atoms with Gasteiger partial charge in [-0.3, -0.25) is 0 Å². The molecular formula is C16H12N3O5S-. The predicted octanol–water partition coefficient (Wildman–Crippen LogP) is 0.873. The van der Waals surface area contributed by atoms with Crippen molar-refractivity contribution < 1.29 is 23.4 Å². The molecule has 8 nitrogen and oxygen atoms in total. The monoisotopic (exact) mass is 358 g/mol. The van der Waals surface area contributed by atoms with E-state index < -0.39 is 21.7 Å². The smallest absolute Gasteiger partial charge is 0.335 e. The maximum absolute atomic E-state index is 12.0. The van der Waals surface area contributed by atoms with Crippen LogP contribution in [0.1, 0.15) is 21.5 Å². The molecule has 2 aromatic carbocycles. The van der Waals surface area contributed by atoms with Crippen LogP contribution in [-0.2, 0) is 10.0 Å². The number of carboxylic acids is 1. The van der Waals surface area contributed by atoms with Crippen LogP contribution < -0.4 is 5.11 Å². The van der Waals surface area contributed by atoms with Crippen molar-refractivity contribution in [3.63, 3.8) is 0 Å². The Morgan fingerprint density at radius 2 is 2.00 bits per heavy atom. The van der Waals surface area contributed by atoms with E-state index in [1.54, 1.807) is 18.2 Å². The summed E-state index contributed by atoms with van der Waals surface area (Å²) in [5.41, 5.74) is 0.458. The number of carbonyl (C=O) groups is 1. The number of hydrogen-bond acceptors (Lipinski definition) is 6. The first-order chi connectivity index (χ1) is 11.8. The minimum Gasteiger partial charge on any atom is -0.872 e. The van der Waals surface area contributed by atoms with Gasteiger partial charge in [0.2, 0.25) is 0 Å². The van der Waals surface area contributed by atoms with Gasteiger partial charge in [-0.2, -0.15) is 13.5 Å². The molecule has 0 bridgehead atoms. The minimum atomic E-state index is -3.75. The van der Waals surface area contributed by atoms with Crippen LogP contribution in [-0.4, -0.2) is 43.6 Å². The summed E-state index contributed by atoms with van der Waals surface area (Å²) in [5, 5.41) is 25.8. The molecule has 0 atom stereocenters. The zero-order valence-electron chi connectivity index (χ0n) is 12.9. The number of rotatable bonds is 3. The highest BCUT2D eigenvalue weighted by molar-refractivity contribution is 7.90. The van der Waals surface area contributed by atoms with Gasteiger partial charge in [0.05, 0.1) is 11.8 Å². The number of hydrazone groups is 1. The highest BCUT2D eigenvalue weighted by Gasteiger charge is 2.30. The summed E-state index contributed by atoms with van der Waals surface area (Å²) in [4.78, 5) is 11.1. The molecule has 0 unspecified atom stereocenters. The molecule has 1 heterocycles. The fraction of sp³-hybridized carbons (Fsp3) is 0.0625. The minimum absolute atomic E-state index is 0.107. The lowest BCUT2D eigenvalue weighted by Gasteiger charge is -2.13. The molecule has 0 aromatic heterocycles. The number of fused-ring (bicyclic) bond motifs is 1. The highest BCUT2D eigenvalue weighted by Crippen LogP contribution is 2.27. The maximum Gasteiger partial charge on any atom is 0.335 e. The number of aromatic carboxylic acids is 1. The first-order valence-corrected chi connectivity index (χ1v) is 8.50. The van der Waals surface area contributed by atoms with E-state index in [4.69, 9.17) is 5.11 Å². The molecule has 0 spiro atoms. The van der Waals surface area contributed by atoms with Crippen LogP contribution in [0.15, 0.2) is 56.9 Å². The van der Waals surface area contributed by atoms with Crippen molar-refractivity contribution in [2.45, 2.75) is 4.90 Å². The summed E-state index contributed by atoms with van der Waals surface area (Å²) in [6, 6.07) is 10.1. The van der Waals surface area contributed by atoms with Crippen molar-refractivity contribution in [3.8, 4) is 5.75 Å². The van der Waals surface area contributed by atoms with Gasteiger partial charge in [0, 0.05) is 12.6 Å². The van der Waals surface area contributed by atoms with Crippen LogP contribution in [0.2, 0.25) is 0 Å². The van der Waals surface area contributed by atoms with Gasteiger partial charge in [-0.05, 0) is 23.8 Å². The maximum atomic E-state index is 12.0. The quantitative estimate of drug-likeness (QED) is 0.642. The second kappa shape index (κ2) is 6.02. The number of nitrogens with zero attached hydrogens (tertiary/aromatic N) is 3. The average Bonchev–Trinajstić information content (AvgIpc) is 2.85. The molecule has 128 valence electrons. The standard InChI is InChI=1S/C16H13N3O5S/c1-19(15-11-4-2-3-5-14(11)25(23,24)18-15)17-9-10-6-7-13(20)12(8-10)16(21)22/h2-9,20H,1H3,(H,21,22)/p-1/b17-9+. The molecule has 1 N–H and O–H groups in total. The van der Waals surface area contributed by atoms with Crippen LogP contribution >= 0.6 is 0 Å². The Morgan fingerprint density at radius 1 is 1.28 bits per heavy atom. The largest absolute Gasteiger partial charge is 0.872 e. The van der Waals surface area contributed by atoms with Gasteiger partial charge < -0.3 is 10.2 Å². The molecule has 0 amide bonds. The first-order valence-electron chi connectivity index (χ1n) is 7.06. The highest BCUT2D eigenvalue weighted by atomic mass is 32.2. The molecule has 1 aliphatic rings. The normalized spacial score (nSPS) is 15.0. The Morgan fingerprint density at radius 3 is 2.72 bits per heavy atom. The molecule has 25 heavy (non-hydrogen) atoms. The Labute approximate surface area is 143 Å². The second-order valence-corrected chi connectivity index (χ2v) is 6.79. The van der Waals surface area contributed by atoms with E-state index in [2.05, 4.69) is 9.50 Å². The van der Waals surface area contributed by atoms with E-state index in [0.29, 0.717) is 11.1 Å². The molecule has 0 fully saturated rings. The van der Waals surface area contributed by atoms with Crippen molar-refractivity contribution >= 4 is 28.0 Å². The van der Waals surface area contributed by atoms with Crippen LogP contribution in [0.3, 0.4) is 0 Å². The number of sulfonamides is 1. The van der Waals surface area contributed by atoms with E-state index >= 15 is 0 Å². The van der Waals surface area contributed by atoms with Crippen molar-refractivity contribution in [3.05, 3.63) is 59.2 Å². The van der Waals surface area contributed by atoms with Crippen molar-refractivity contribution in [2.24, 2.45) is 9.50 Å². The molecular weight excluding hydrogens is 346 g/mol. The Kier molecular flexibility index (Phi) is 4.01. The van der Waals surface area contributed by atoms with E-state index in [9.17, 15) is 18.3 Å². The third-order valence-electron chi connectivity index (χ3n) is 3.53. The summed E-state index contributed by atoms with van der Waals surface area (Å²) < 4.78 is 27.8. The predicted molar refractivity (Wildman–Crippen MR) is 88.4 cm³/mol. The molecule has 0 saturated heterocycles. The topological polar surface area (TPSA) is 122 Å². The number of hydrogen-bond donors (Lipinski definition) is 1. The third kappa shape index (κ3) is 3.09. The van der Waals surface area contributed by atoms with Gasteiger partial charge in [-0.15, -0.1) is 4.40 Å². The van der Waals surface area contributed by atoms with Gasteiger partial charge in [-0.1, -0.05) is 30.0 Å². The second-order valence-electron chi connectivity index (χ2n) is 5.22. The van der Waals surface area contributed by atoms with Crippen LogP contribution in [0.25, 0.3) is 0 Å². The SMILES string of the molecule is CN(/N=C/c1ccc([O-])c(C(=O)O)c1)C1=NS(=O)(=O)c2ccccc21. The van der Waals surface area contributed by atoms with E-state index in [1.165, 1.54) is 36.5 Å². The number of benzene rings is 2. The van der Waals surface area contributed by atoms with Gasteiger partial charge >= 0.3 is 5.97 Å². The lowest BCUT2D eigenvalue weighted by Crippen LogP contribution is -2.21. The third-order valence-corrected chi connectivity index (χ3v) is 4.86. The lowest BCUT2D eigenvalue weighted by atomic mass is 10.1. The Bertz CT molecular complexity index is 1030. The van der Waals surface area contributed by atoms with E-state index in [-0.39, 0.29) is 16.3 Å². The van der Waals surface area contributed by atoms with E-state index in [0.717, 1.165) is 6.07 Å². The van der Waals surface area contributed by atoms with Gasteiger partial charge in [0.15, 0.2) is 5.84 Å². The zero-order valence-corrected chi connectivity index (χ0v) is 13.8. The van der Waals surface area contributed by atoms with E-state index in [1.807, 2.05) is 0 Å². The van der Waals surface area contributed by atoms with Gasteiger partial charge in [-0.25, -0.2) is 9.80 Å². The molecule has 0 aliphatic carbocycles. The molecule has 2 aromatic rings. The molecule has 3 rings (SSSR count). The van der Waals surface area contributed by atoms with Crippen LogP contribution in [0.5, 0.6) is 5.75 Å². The molecule has 0 saturated carbocycles. The fourth-order valence-corrected chi connectivity index (χ4v) is 3.56. The fourth-order valence-electron chi connectivity index (χ4n) is 2.32. The van der Waals surface area contributed by atoms with Gasteiger partial charge in [0.1, 0.15) is 4.90 Å². The van der Waals surface area contributed by atoms with Crippen molar-refractivity contribution in [1.82, 2.24) is 5.01 Å². The summed E-state index contributed by atoms with van der Waals surface area (Å²) >= 11 is 0. The summed E-state index contributed by atoms with van der Waals surface area (Å²) in [6.45, 7) is 0. The lowest BCUT2D eigenvalue weighted by molar-refractivity contribution is -0.268. The number of carboxylic acid groups (broad SMARTS) is 1. The zero-order chi connectivity index (χ0) is 18.2. The first kappa shape index (κ1) is 16.7. The molecule has 1 aliphatic heterocycles. The average molecular weight is 358 g/mol. The molecule has 0 radical (unpaired) electrons. The summed E-state index contributed by atoms with van der Waals surface area (Å²) in [6.07, 6.45) is 1.32. The van der Waals surface area contributed by atoms with Crippen LogP contribution in [0.4, 0.5) is 0 Å². The molecule has 9 heteroatoms. The van der Waals surface area contributed by atoms with Gasteiger partial charge in [0.25, 0.3) is 10.0 Å². The van der Waals surface area contributed by atoms with Crippen LogP contribution in [0, 0.1) is 0 Å². The summed E-state index contributed by atoms with van der Waals surface area (Å²) in [7, 11) is -2.23. The Hall–Kier alpha value is -3.20. The Balaban J connectivity index is 1.91. The summed E-state index contributed by atoms with van der Waals surface area (Å²) in [5.74, 6) is -1.77. The van der Waals surface area contributed by atoms with Crippen molar-refractivity contribution in [1.29, 1.82) is 0 Å². The number of amidine groups is 1.